The van der Waals surface area contributed by atoms with E-state index in [1.807, 2.05) is 7.05 Å². The predicted octanol–water partition coefficient (Wildman–Crippen LogP) is 1.86. The van der Waals surface area contributed by atoms with Crippen molar-refractivity contribution >= 4 is 5.91 Å². The van der Waals surface area contributed by atoms with Gasteiger partial charge in [0.05, 0.1) is 0 Å². The molecule has 0 aliphatic carbocycles. The van der Waals surface area contributed by atoms with Crippen molar-refractivity contribution in [2.45, 2.75) is 32.6 Å². The van der Waals surface area contributed by atoms with E-state index in [1.165, 1.54) is 0 Å². The second-order valence-corrected chi connectivity index (χ2v) is 2.77. The van der Waals surface area contributed by atoms with Crippen LogP contribution in [0.1, 0.15) is 32.6 Å². The third-order valence-corrected chi connectivity index (χ3v) is 1.66. The third kappa shape index (κ3) is 4.82. The van der Waals surface area contributed by atoms with Gasteiger partial charge in [0.15, 0.2) is 0 Å². The van der Waals surface area contributed by atoms with Crippen molar-refractivity contribution in [2.75, 3.05) is 13.6 Å². The van der Waals surface area contributed by atoms with Crippen LogP contribution in [0, 0.1) is 6.92 Å². The fourth-order valence-electron chi connectivity index (χ4n) is 0.862. The molecule has 0 fully saturated rings. The molecule has 2 heteroatoms. The van der Waals surface area contributed by atoms with Crippen LogP contribution in [0.25, 0.3) is 0 Å². The lowest BCUT2D eigenvalue weighted by molar-refractivity contribution is -0.129. The molecule has 0 heterocycles. The first-order chi connectivity index (χ1) is 5.22. The van der Waals surface area contributed by atoms with Gasteiger partial charge in [0.25, 0.3) is 0 Å². The molecular weight excluding hydrogens is 138 g/mol. The molecule has 0 aromatic carbocycles. The van der Waals surface area contributed by atoms with Crippen LogP contribution in [0.4, 0.5) is 0 Å². The second kappa shape index (κ2) is 6.20. The van der Waals surface area contributed by atoms with Crippen LogP contribution in [0.2, 0.25) is 0 Å². The lowest BCUT2D eigenvalue weighted by atomic mass is 10.3. The maximum atomic E-state index is 11.1. The summed E-state index contributed by atoms with van der Waals surface area (Å²) >= 11 is 0. The maximum absolute atomic E-state index is 11.1. The van der Waals surface area contributed by atoms with Crippen LogP contribution in [-0.4, -0.2) is 24.4 Å². The van der Waals surface area contributed by atoms with E-state index in [0.717, 1.165) is 19.4 Å². The van der Waals surface area contributed by atoms with Crippen LogP contribution in [0.3, 0.4) is 0 Å². The average molecular weight is 156 g/mol. The van der Waals surface area contributed by atoms with Crippen molar-refractivity contribution in [3.8, 4) is 0 Å². The topological polar surface area (TPSA) is 20.3 Å². The van der Waals surface area contributed by atoms with Crippen molar-refractivity contribution < 1.29 is 4.79 Å². The molecule has 0 aliphatic rings. The van der Waals surface area contributed by atoms with Gasteiger partial charge in [-0.05, 0) is 12.8 Å². The molecule has 1 amide bonds. The van der Waals surface area contributed by atoms with Gasteiger partial charge in [0, 0.05) is 20.0 Å². The highest BCUT2D eigenvalue weighted by Gasteiger charge is 2.04. The van der Waals surface area contributed by atoms with Crippen LogP contribution in [0.5, 0.6) is 0 Å². The fraction of sp³-hybridized carbons (Fsp3) is 0.778. The van der Waals surface area contributed by atoms with Crippen molar-refractivity contribution in [3.63, 3.8) is 0 Å². The Bertz CT molecular complexity index is 112. The lowest BCUT2D eigenvalue weighted by Gasteiger charge is -2.15. The molecule has 0 saturated heterocycles. The van der Waals surface area contributed by atoms with Crippen LogP contribution in [-0.2, 0) is 4.79 Å². The summed E-state index contributed by atoms with van der Waals surface area (Å²) in [5.74, 6) is 0.216. The first kappa shape index (κ1) is 10.5. The van der Waals surface area contributed by atoms with Crippen LogP contribution in [0.15, 0.2) is 0 Å². The molecule has 2 nitrogen and oxygen atoms in total. The molecule has 0 aromatic heterocycles. The SMILES string of the molecule is [CH2]CCC(=O)N(C)CCCC. The Labute approximate surface area is 69.6 Å². The molecule has 0 aromatic rings. The van der Waals surface area contributed by atoms with Crippen molar-refractivity contribution in [3.05, 3.63) is 6.92 Å². The Balaban J connectivity index is 3.46. The van der Waals surface area contributed by atoms with Crippen molar-refractivity contribution in [2.24, 2.45) is 0 Å². The number of hydrogen-bond acceptors (Lipinski definition) is 1. The van der Waals surface area contributed by atoms with Gasteiger partial charge in [0.1, 0.15) is 0 Å². The quantitative estimate of drug-likeness (QED) is 0.595. The molecule has 0 atom stereocenters. The lowest BCUT2D eigenvalue weighted by Crippen LogP contribution is -2.27. The molecule has 11 heavy (non-hydrogen) atoms. The number of nitrogens with zero attached hydrogens (tertiary/aromatic N) is 1. The van der Waals surface area contributed by atoms with Crippen molar-refractivity contribution in [1.29, 1.82) is 0 Å². The minimum absolute atomic E-state index is 0.216. The van der Waals surface area contributed by atoms with Crippen molar-refractivity contribution in [1.82, 2.24) is 4.90 Å². The zero-order chi connectivity index (χ0) is 8.69. The standard InChI is InChI=1S/C9H18NO/c1-4-6-8-10(3)9(11)7-5-2/h2,4-8H2,1,3H3. The Hall–Kier alpha value is -0.530. The summed E-state index contributed by atoms with van der Waals surface area (Å²) in [6.45, 7) is 6.65. The van der Waals surface area contributed by atoms with Gasteiger partial charge in [-0.25, -0.2) is 0 Å². The second-order valence-electron chi connectivity index (χ2n) is 2.77. The van der Waals surface area contributed by atoms with Gasteiger partial charge in [-0.1, -0.05) is 20.3 Å². The Morgan fingerprint density at radius 3 is 2.64 bits per heavy atom. The Morgan fingerprint density at radius 2 is 2.18 bits per heavy atom. The zero-order valence-electron chi connectivity index (χ0n) is 7.60. The van der Waals surface area contributed by atoms with Gasteiger partial charge in [-0.15, -0.1) is 0 Å². The predicted molar refractivity (Wildman–Crippen MR) is 47.1 cm³/mol. The van der Waals surface area contributed by atoms with E-state index >= 15 is 0 Å². The van der Waals surface area contributed by atoms with Crippen LogP contribution >= 0.6 is 0 Å². The van der Waals surface area contributed by atoms with Gasteiger partial charge in [-0.2, -0.15) is 0 Å². The molecule has 1 radical (unpaired) electrons. The van der Waals surface area contributed by atoms with E-state index in [4.69, 9.17) is 0 Å². The Morgan fingerprint density at radius 1 is 1.55 bits per heavy atom. The smallest absolute Gasteiger partial charge is 0.222 e. The molecular formula is C9H18NO. The number of hydrogen-bond donors (Lipinski definition) is 0. The molecule has 65 valence electrons. The van der Waals surface area contributed by atoms with E-state index in [0.29, 0.717) is 12.8 Å². The summed E-state index contributed by atoms with van der Waals surface area (Å²) < 4.78 is 0. The highest BCUT2D eigenvalue weighted by molar-refractivity contribution is 5.75. The summed E-state index contributed by atoms with van der Waals surface area (Å²) in [5.41, 5.74) is 0. The zero-order valence-corrected chi connectivity index (χ0v) is 7.60. The minimum Gasteiger partial charge on any atom is -0.346 e. The Kier molecular flexibility index (Phi) is 5.90. The summed E-state index contributed by atoms with van der Waals surface area (Å²) in [5, 5.41) is 0. The summed E-state index contributed by atoms with van der Waals surface area (Å²) in [6, 6.07) is 0. The third-order valence-electron chi connectivity index (χ3n) is 1.66. The first-order valence-electron chi connectivity index (χ1n) is 4.25. The van der Waals surface area contributed by atoms with Gasteiger partial charge < -0.3 is 4.90 Å². The van der Waals surface area contributed by atoms with E-state index < -0.39 is 0 Å². The van der Waals surface area contributed by atoms with E-state index in [9.17, 15) is 4.79 Å². The van der Waals surface area contributed by atoms with Gasteiger partial charge in [0.2, 0.25) is 5.91 Å². The molecule has 0 spiro atoms. The highest BCUT2D eigenvalue weighted by atomic mass is 16.2. The molecule has 0 saturated carbocycles. The molecule has 0 aliphatic heterocycles. The number of carbonyl (C=O) groups excluding carboxylic acids is 1. The number of carbonyl (C=O) groups is 1. The normalized spacial score (nSPS) is 9.73. The summed E-state index contributed by atoms with van der Waals surface area (Å²) in [4.78, 5) is 12.9. The van der Waals surface area contributed by atoms with Crippen LogP contribution < -0.4 is 0 Å². The monoisotopic (exact) mass is 156 g/mol. The average Bonchev–Trinajstić information content (AvgIpc) is 2.00. The maximum Gasteiger partial charge on any atom is 0.222 e. The van der Waals surface area contributed by atoms with Gasteiger partial charge >= 0.3 is 0 Å². The first-order valence-corrected chi connectivity index (χ1v) is 4.25. The minimum atomic E-state index is 0.216. The van der Waals surface area contributed by atoms with Gasteiger partial charge in [-0.3, -0.25) is 4.79 Å². The molecule has 0 unspecified atom stereocenters. The van der Waals surface area contributed by atoms with E-state index in [-0.39, 0.29) is 5.91 Å². The number of amides is 1. The van der Waals surface area contributed by atoms with E-state index in [1.54, 1.807) is 4.90 Å². The molecule has 0 bridgehead atoms. The largest absolute Gasteiger partial charge is 0.346 e. The summed E-state index contributed by atoms with van der Waals surface area (Å²) in [6.07, 6.45) is 3.52. The summed E-state index contributed by atoms with van der Waals surface area (Å²) in [7, 11) is 1.85. The highest BCUT2D eigenvalue weighted by Crippen LogP contribution is 1.96. The molecule has 0 N–H and O–H groups in total. The van der Waals surface area contributed by atoms with E-state index in [2.05, 4.69) is 13.8 Å². The number of unbranched alkanes of at least 4 members (excludes halogenated alkanes) is 1. The fourth-order valence-corrected chi connectivity index (χ4v) is 0.862. The number of rotatable bonds is 5. The molecule has 0 rings (SSSR count).